The Hall–Kier alpha value is -0.890. The van der Waals surface area contributed by atoms with Crippen molar-refractivity contribution in [1.82, 2.24) is 9.88 Å². The first-order valence-corrected chi connectivity index (χ1v) is 5.67. The van der Waals surface area contributed by atoms with Gasteiger partial charge in [-0.2, -0.15) is 0 Å². The van der Waals surface area contributed by atoms with Crippen LogP contribution in [0.5, 0.6) is 0 Å². The molecule has 2 nitrogen and oxygen atoms in total. The van der Waals surface area contributed by atoms with Crippen molar-refractivity contribution >= 4 is 0 Å². The summed E-state index contributed by atoms with van der Waals surface area (Å²) in [5.41, 5.74) is 3.94. The first-order valence-electron chi connectivity index (χ1n) is 5.67. The fourth-order valence-electron chi connectivity index (χ4n) is 1.67. The van der Waals surface area contributed by atoms with Crippen LogP contribution < -0.4 is 0 Å². The van der Waals surface area contributed by atoms with E-state index in [0.717, 1.165) is 13.0 Å². The molecule has 84 valence electrons. The normalized spacial score (nSPS) is 11.4. The Balaban J connectivity index is 3.02. The second-order valence-corrected chi connectivity index (χ2v) is 4.62. The van der Waals surface area contributed by atoms with E-state index in [4.69, 9.17) is 0 Å². The van der Waals surface area contributed by atoms with Crippen LogP contribution in [0.25, 0.3) is 0 Å². The van der Waals surface area contributed by atoms with Crippen molar-refractivity contribution in [3.63, 3.8) is 0 Å². The molecule has 0 saturated heterocycles. The Morgan fingerprint density at radius 1 is 1.33 bits per heavy atom. The van der Waals surface area contributed by atoms with Crippen LogP contribution in [0.15, 0.2) is 12.3 Å². The topological polar surface area (TPSA) is 16.1 Å². The Morgan fingerprint density at radius 2 is 2.00 bits per heavy atom. The molecule has 0 atom stereocenters. The van der Waals surface area contributed by atoms with Crippen LogP contribution in [0.4, 0.5) is 0 Å². The first-order chi connectivity index (χ1) is 7.04. The minimum atomic E-state index is 0.560. The lowest BCUT2D eigenvalue weighted by atomic mass is 10.0. The molecule has 0 unspecified atom stereocenters. The molecule has 0 amide bonds. The maximum atomic E-state index is 4.54. The summed E-state index contributed by atoms with van der Waals surface area (Å²) in [5, 5.41) is 0. The fourth-order valence-corrected chi connectivity index (χ4v) is 1.67. The van der Waals surface area contributed by atoms with Crippen LogP contribution >= 0.6 is 0 Å². The molecule has 0 bridgehead atoms. The number of rotatable bonds is 4. The molecule has 1 heterocycles. The van der Waals surface area contributed by atoms with Gasteiger partial charge in [0.1, 0.15) is 0 Å². The molecule has 0 fully saturated rings. The average Bonchev–Trinajstić information content (AvgIpc) is 2.16. The van der Waals surface area contributed by atoms with Crippen LogP contribution in [0.3, 0.4) is 0 Å². The Kier molecular flexibility index (Phi) is 4.28. The number of hydrogen-bond acceptors (Lipinski definition) is 2. The third-order valence-electron chi connectivity index (χ3n) is 2.57. The lowest BCUT2D eigenvalue weighted by molar-refractivity contribution is 0.400. The van der Waals surface area contributed by atoms with E-state index in [9.17, 15) is 0 Å². The Labute approximate surface area is 93.3 Å². The van der Waals surface area contributed by atoms with Gasteiger partial charge in [0, 0.05) is 18.4 Å². The molecular formula is C13H22N2. The molecule has 15 heavy (non-hydrogen) atoms. The highest BCUT2D eigenvalue weighted by molar-refractivity contribution is 5.27. The van der Waals surface area contributed by atoms with Crippen LogP contribution in [0, 0.1) is 0 Å². The minimum absolute atomic E-state index is 0.560. The van der Waals surface area contributed by atoms with Crippen LogP contribution in [0.2, 0.25) is 0 Å². The predicted octanol–water partition coefficient (Wildman–Crippen LogP) is 2.83. The standard InChI is InChI=1S/C13H22N2/c1-6-13-12(9-15(4)5)7-11(8-14-13)10(2)3/h7-8,10H,6,9H2,1-5H3. The summed E-state index contributed by atoms with van der Waals surface area (Å²) < 4.78 is 0. The molecule has 0 saturated carbocycles. The zero-order valence-electron chi connectivity index (χ0n) is 10.5. The molecule has 0 N–H and O–H groups in total. The molecule has 0 aliphatic carbocycles. The van der Waals surface area contributed by atoms with Gasteiger partial charge in [0.2, 0.25) is 0 Å². The summed E-state index contributed by atoms with van der Waals surface area (Å²) in [5.74, 6) is 0.560. The molecule has 0 aliphatic heterocycles. The lowest BCUT2D eigenvalue weighted by Crippen LogP contribution is -2.13. The van der Waals surface area contributed by atoms with Crippen LogP contribution in [-0.4, -0.2) is 24.0 Å². The summed E-state index contributed by atoms with van der Waals surface area (Å²) in [6.07, 6.45) is 3.03. The number of nitrogens with zero attached hydrogens (tertiary/aromatic N) is 2. The van der Waals surface area contributed by atoms with E-state index in [0.29, 0.717) is 5.92 Å². The number of hydrogen-bond donors (Lipinski definition) is 0. The summed E-state index contributed by atoms with van der Waals surface area (Å²) in [7, 11) is 4.20. The smallest absolute Gasteiger partial charge is 0.0446 e. The number of aryl methyl sites for hydroxylation is 1. The molecule has 0 aliphatic rings. The van der Waals surface area contributed by atoms with Crippen molar-refractivity contribution in [1.29, 1.82) is 0 Å². The molecule has 2 heteroatoms. The van der Waals surface area contributed by atoms with E-state index in [1.807, 2.05) is 6.20 Å². The summed E-state index contributed by atoms with van der Waals surface area (Å²) in [4.78, 5) is 6.74. The SMILES string of the molecule is CCc1ncc(C(C)C)cc1CN(C)C. The van der Waals surface area contributed by atoms with Gasteiger partial charge in [-0.05, 0) is 37.6 Å². The highest BCUT2D eigenvalue weighted by atomic mass is 15.0. The highest BCUT2D eigenvalue weighted by Crippen LogP contribution is 2.18. The molecule has 1 aromatic heterocycles. The summed E-state index contributed by atoms with van der Waals surface area (Å²) >= 11 is 0. The van der Waals surface area contributed by atoms with Gasteiger partial charge in [0.25, 0.3) is 0 Å². The van der Waals surface area contributed by atoms with Crippen LogP contribution in [-0.2, 0) is 13.0 Å². The van der Waals surface area contributed by atoms with E-state index in [1.165, 1.54) is 16.8 Å². The quantitative estimate of drug-likeness (QED) is 0.753. The van der Waals surface area contributed by atoms with Gasteiger partial charge in [0.15, 0.2) is 0 Å². The van der Waals surface area contributed by atoms with Gasteiger partial charge in [-0.3, -0.25) is 4.98 Å². The van der Waals surface area contributed by atoms with Crippen molar-refractivity contribution in [3.8, 4) is 0 Å². The molecule has 1 aromatic rings. The maximum Gasteiger partial charge on any atom is 0.0446 e. The van der Waals surface area contributed by atoms with Crippen molar-refractivity contribution in [2.45, 2.75) is 39.7 Å². The van der Waals surface area contributed by atoms with Crippen LogP contribution in [0.1, 0.15) is 43.5 Å². The third kappa shape index (κ3) is 3.31. The molecule has 0 spiro atoms. The monoisotopic (exact) mass is 206 g/mol. The number of aromatic nitrogens is 1. The van der Waals surface area contributed by atoms with E-state index in [-0.39, 0.29) is 0 Å². The van der Waals surface area contributed by atoms with Crippen molar-refractivity contribution in [2.75, 3.05) is 14.1 Å². The van der Waals surface area contributed by atoms with E-state index in [2.05, 4.69) is 50.8 Å². The van der Waals surface area contributed by atoms with Crippen molar-refractivity contribution in [2.24, 2.45) is 0 Å². The van der Waals surface area contributed by atoms with Gasteiger partial charge < -0.3 is 4.90 Å². The summed E-state index contributed by atoms with van der Waals surface area (Å²) in [6, 6.07) is 2.30. The van der Waals surface area contributed by atoms with Gasteiger partial charge in [0.05, 0.1) is 0 Å². The molecule has 0 aromatic carbocycles. The summed E-state index contributed by atoms with van der Waals surface area (Å²) in [6.45, 7) is 7.57. The van der Waals surface area contributed by atoms with Gasteiger partial charge in [-0.15, -0.1) is 0 Å². The van der Waals surface area contributed by atoms with Crippen molar-refractivity contribution < 1.29 is 0 Å². The van der Waals surface area contributed by atoms with Gasteiger partial charge in [-0.25, -0.2) is 0 Å². The van der Waals surface area contributed by atoms with E-state index >= 15 is 0 Å². The molecular weight excluding hydrogens is 184 g/mol. The zero-order chi connectivity index (χ0) is 11.4. The highest BCUT2D eigenvalue weighted by Gasteiger charge is 2.07. The average molecular weight is 206 g/mol. The Bertz CT molecular complexity index is 316. The second kappa shape index (κ2) is 5.26. The van der Waals surface area contributed by atoms with Gasteiger partial charge in [-0.1, -0.05) is 26.8 Å². The molecule has 1 rings (SSSR count). The predicted molar refractivity (Wildman–Crippen MR) is 65.1 cm³/mol. The number of pyridine rings is 1. The zero-order valence-corrected chi connectivity index (χ0v) is 10.5. The third-order valence-corrected chi connectivity index (χ3v) is 2.57. The second-order valence-electron chi connectivity index (χ2n) is 4.62. The van der Waals surface area contributed by atoms with Crippen molar-refractivity contribution in [3.05, 3.63) is 29.1 Å². The maximum absolute atomic E-state index is 4.54. The lowest BCUT2D eigenvalue weighted by Gasteiger charge is -2.15. The van der Waals surface area contributed by atoms with Gasteiger partial charge >= 0.3 is 0 Å². The first kappa shape index (κ1) is 12.2. The Morgan fingerprint density at radius 3 is 2.47 bits per heavy atom. The van der Waals surface area contributed by atoms with E-state index in [1.54, 1.807) is 0 Å². The fraction of sp³-hybridized carbons (Fsp3) is 0.615. The largest absolute Gasteiger partial charge is 0.305 e. The molecule has 0 radical (unpaired) electrons. The van der Waals surface area contributed by atoms with E-state index < -0.39 is 0 Å². The minimum Gasteiger partial charge on any atom is -0.305 e.